The van der Waals surface area contributed by atoms with E-state index < -0.39 is 11.7 Å². The number of nitrogens with one attached hydrogen (secondary N) is 2. The second-order valence-corrected chi connectivity index (χ2v) is 9.04. The summed E-state index contributed by atoms with van der Waals surface area (Å²) in [6.07, 6.45) is 5.93. The van der Waals surface area contributed by atoms with Crippen LogP contribution in [0.1, 0.15) is 46.5 Å². The fourth-order valence-electron chi connectivity index (χ4n) is 3.57. The number of hydrogen-bond donors (Lipinski definition) is 2. The molecule has 3 rings (SSSR count). The molecule has 32 heavy (non-hydrogen) atoms. The second kappa shape index (κ2) is 11.0. The standard InChI is InChI=1S/C23H33N5O4/c1-23(2,3)32-22(30)24-11-4-7-21(29)28-13-5-6-17(15-28)16-31-18-8-9-19(25-14-18)20-10-12-26-27-20/h8-10,12,14,17H,4-7,11,13,15-16H2,1-3H3,(H,24,30)(H,26,27)/t17-/m1/s1. The Balaban J connectivity index is 1.36. The van der Waals surface area contributed by atoms with Crippen LogP contribution < -0.4 is 10.1 Å². The highest BCUT2D eigenvalue weighted by atomic mass is 16.6. The van der Waals surface area contributed by atoms with Crippen molar-refractivity contribution in [2.45, 2.75) is 52.1 Å². The van der Waals surface area contributed by atoms with Crippen LogP contribution in [0.25, 0.3) is 11.4 Å². The van der Waals surface area contributed by atoms with Gasteiger partial charge in [-0.3, -0.25) is 14.9 Å². The molecular formula is C23H33N5O4. The number of H-pyrrole nitrogens is 1. The fourth-order valence-corrected chi connectivity index (χ4v) is 3.57. The van der Waals surface area contributed by atoms with Crippen molar-refractivity contribution in [3.63, 3.8) is 0 Å². The van der Waals surface area contributed by atoms with Crippen LogP contribution in [0.15, 0.2) is 30.6 Å². The van der Waals surface area contributed by atoms with Crippen LogP contribution in [0, 0.1) is 5.92 Å². The monoisotopic (exact) mass is 443 g/mol. The molecule has 0 spiro atoms. The quantitative estimate of drug-likeness (QED) is 0.605. The zero-order chi connectivity index (χ0) is 23.0. The van der Waals surface area contributed by atoms with Gasteiger partial charge in [0.05, 0.1) is 24.2 Å². The van der Waals surface area contributed by atoms with Crippen molar-refractivity contribution in [2.75, 3.05) is 26.2 Å². The summed E-state index contributed by atoms with van der Waals surface area (Å²) in [4.78, 5) is 30.5. The summed E-state index contributed by atoms with van der Waals surface area (Å²) < 4.78 is 11.1. The topological polar surface area (TPSA) is 109 Å². The molecule has 0 aliphatic carbocycles. The molecule has 2 amide bonds. The Kier molecular flexibility index (Phi) is 8.08. The summed E-state index contributed by atoms with van der Waals surface area (Å²) in [5.41, 5.74) is 1.15. The lowest BCUT2D eigenvalue weighted by atomic mass is 9.98. The van der Waals surface area contributed by atoms with Crippen LogP contribution in [0.2, 0.25) is 0 Å². The fraction of sp³-hybridized carbons (Fsp3) is 0.565. The molecule has 2 aromatic heterocycles. The van der Waals surface area contributed by atoms with Gasteiger partial charge in [0.2, 0.25) is 5.91 Å². The number of carbonyl (C=O) groups is 2. The lowest BCUT2D eigenvalue weighted by molar-refractivity contribution is -0.133. The molecule has 2 N–H and O–H groups in total. The number of amides is 2. The van der Waals surface area contributed by atoms with E-state index in [0.29, 0.717) is 44.2 Å². The molecule has 1 fully saturated rings. The SMILES string of the molecule is CC(C)(C)OC(=O)NCCCC(=O)N1CCC[C@@H](COc2ccc(-c3ccn[nH]3)nc2)C1. The third-order valence-corrected chi connectivity index (χ3v) is 5.11. The Labute approximate surface area is 188 Å². The predicted octanol–water partition coefficient (Wildman–Crippen LogP) is 3.39. The number of rotatable bonds is 8. The number of nitrogens with zero attached hydrogens (tertiary/aromatic N) is 3. The first-order valence-electron chi connectivity index (χ1n) is 11.1. The molecule has 0 bridgehead atoms. The zero-order valence-corrected chi connectivity index (χ0v) is 19.1. The molecule has 0 saturated carbocycles. The normalized spacial score (nSPS) is 16.5. The average molecular weight is 444 g/mol. The molecule has 1 atom stereocenters. The summed E-state index contributed by atoms with van der Waals surface area (Å²) in [5.74, 6) is 1.12. The van der Waals surface area contributed by atoms with E-state index in [1.165, 1.54) is 0 Å². The molecule has 1 aliphatic heterocycles. The third-order valence-electron chi connectivity index (χ3n) is 5.11. The molecule has 9 heteroatoms. The van der Waals surface area contributed by atoms with Gasteiger partial charge >= 0.3 is 6.09 Å². The predicted molar refractivity (Wildman–Crippen MR) is 120 cm³/mol. The first-order valence-corrected chi connectivity index (χ1v) is 11.1. The van der Waals surface area contributed by atoms with Crippen molar-refractivity contribution in [1.29, 1.82) is 0 Å². The van der Waals surface area contributed by atoms with Gasteiger partial charge in [-0.2, -0.15) is 5.10 Å². The second-order valence-electron chi connectivity index (χ2n) is 9.04. The van der Waals surface area contributed by atoms with E-state index in [2.05, 4.69) is 20.5 Å². The number of pyridine rings is 1. The maximum Gasteiger partial charge on any atom is 0.407 e. The first kappa shape index (κ1) is 23.6. The lowest BCUT2D eigenvalue weighted by Crippen LogP contribution is -2.41. The Morgan fingerprint density at radius 3 is 2.81 bits per heavy atom. The summed E-state index contributed by atoms with van der Waals surface area (Å²) in [6.45, 7) is 7.89. The molecular weight excluding hydrogens is 410 g/mol. The summed E-state index contributed by atoms with van der Waals surface area (Å²) in [5, 5.41) is 9.51. The highest BCUT2D eigenvalue weighted by Gasteiger charge is 2.24. The van der Waals surface area contributed by atoms with E-state index in [-0.39, 0.29) is 5.91 Å². The van der Waals surface area contributed by atoms with Gasteiger partial charge in [0.15, 0.2) is 0 Å². The van der Waals surface area contributed by atoms with Gasteiger partial charge in [-0.25, -0.2) is 4.79 Å². The molecule has 1 aliphatic rings. The van der Waals surface area contributed by atoms with E-state index in [4.69, 9.17) is 9.47 Å². The van der Waals surface area contributed by atoms with Crippen molar-refractivity contribution < 1.29 is 19.1 Å². The van der Waals surface area contributed by atoms with Gasteiger partial charge in [0.1, 0.15) is 11.4 Å². The van der Waals surface area contributed by atoms with Gasteiger partial charge in [0.25, 0.3) is 0 Å². The van der Waals surface area contributed by atoms with E-state index in [1.807, 2.05) is 43.9 Å². The number of piperidine rings is 1. The van der Waals surface area contributed by atoms with Crippen molar-refractivity contribution in [3.05, 3.63) is 30.6 Å². The number of hydrogen-bond acceptors (Lipinski definition) is 6. The number of aromatic nitrogens is 3. The average Bonchev–Trinajstić information content (AvgIpc) is 3.29. The van der Waals surface area contributed by atoms with Crippen molar-refractivity contribution >= 4 is 12.0 Å². The Morgan fingerprint density at radius 2 is 2.12 bits per heavy atom. The molecule has 0 aromatic carbocycles. The van der Waals surface area contributed by atoms with Gasteiger partial charge in [-0.05, 0) is 58.2 Å². The Bertz CT molecular complexity index is 862. The lowest BCUT2D eigenvalue weighted by Gasteiger charge is -2.32. The highest BCUT2D eigenvalue weighted by molar-refractivity contribution is 5.76. The first-order chi connectivity index (χ1) is 15.3. The van der Waals surface area contributed by atoms with Crippen molar-refractivity contribution in [2.24, 2.45) is 5.92 Å². The molecule has 174 valence electrons. The van der Waals surface area contributed by atoms with Crippen molar-refractivity contribution in [1.82, 2.24) is 25.4 Å². The van der Waals surface area contributed by atoms with Crippen LogP contribution in [0.4, 0.5) is 4.79 Å². The van der Waals surface area contributed by atoms with Gasteiger partial charge in [-0.15, -0.1) is 0 Å². The molecule has 2 aromatic rings. The minimum Gasteiger partial charge on any atom is -0.492 e. The van der Waals surface area contributed by atoms with Gasteiger partial charge < -0.3 is 19.7 Å². The third kappa shape index (κ3) is 7.55. The minimum absolute atomic E-state index is 0.117. The molecule has 0 unspecified atom stereocenters. The van der Waals surface area contributed by atoms with Gasteiger partial charge in [-0.1, -0.05) is 0 Å². The number of aromatic amines is 1. The zero-order valence-electron chi connectivity index (χ0n) is 19.1. The van der Waals surface area contributed by atoms with E-state index in [9.17, 15) is 9.59 Å². The van der Waals surface area contributed by atoms with Gasteiger partial charge in [0, 0.05) is 38.2 Å². The van der Waals surface area contributed by atoms with E-state index in [0.717, 1.165) is 30.8 Å². The molecule has 1 saturated heterocycles. The number of carbonyl (C=O) groups excluding carboxylic acids is 2. The van der Waals surface area contributed by atoms with Crippen LogP contribution in [-0.4, -0.2) is 63.9 Å². The number of ether oxygens (including phenoxy) is 2. The maximum atomic E-state index is 12.6. The molecule has 0 radical (unpaired) electrons. The van der Waals surface area contributed by atoms with Crippen LogP contribution in [-0.2, 0) is 9.53 Å². The maximum absolute atomic E-state index is 12.6. The van der Waals surface area contributed by atoms with E-state index >= 15 is 0 Å². The smallest absolute Gasteiger partial charge is 0.407 e. The Hall–Kier alpha value is -3.10. The summed E-state index contributed by atoms with van der Waals surface area (Å²) >= 11 is 0. The van der Waals surface area contributed by atoms with Crippen molar-refractivity contribution in [3.8, 4) is 17.1 Å². The summed E-state index contributed by atoms with van der Waals surface area (Å²) in [6, 6.07) is 5.65. The van der Waals surface area contributed by atoms with Crippen LogP contribution >= 0.6 is 0 Å². The Morgan fingerprint density at radius 1 is 1.28 bits per heavy atom. The van der Waals surface area contributed by atoms with E-state index in [1.54, 1.807) is 12.4 Å². The largest absolute Gasteiger partial charge is 0.492 e. The minimum atomic E-state index is -0.525. The van der Waals surface area contributed by atoms with Crippen LogP contribution in [0.5, 0.6) is 5.75 Å². The number of alkyl carbamates (subject to hydrolysis) is 1. The molecule has 3 heterocycles. The summed E-state index contributed by atoms with van der Waals surface area (Å²) in [7, 11) is 0. The van der Waals surface area contributed by atoms with Crippen LogP contribution in [0.3, 0.4) is 0 Å². The highest BCUT2D eigenvalue weighted by Crippen LogP contribution is 2.21. The molecule has 9 nitrogen and oxygen atoms in total. The number of likely N-dealkylation sites (tertiary alicyclic amines) is 1.